The molecule has 0 radical (unpaired) electrons. The second-order valence-electron chi connectivity index (χ2n) is 3.62. The predicted molar refractivity (Wildman–Crippen MR) is 63.5 cm³/mol. The molecule has 2 aromatic rings. The van der Waals surface area contributed by atoms with Crippen molar-refractivity contribution in [2.45, 2.75) is 13.3 Å². The Morgan fingerprint density at radius 3 is 2.50 bits per heavy atom. The zero-order valence-corrected chi connectivity index (χ0v) is 9.68. The average molecular weight is 234 g/mol. The van der Waals surface area contributed by atoms with E-state index >= 15 is 0 Å². The van der Waals surface area contributed by atoms with E-state index in [2.05, 4.69) is 0 Å². The lowest BCUT2D eigenvalue weighted by molar-refractivity contribution is 0.0993. The zero-order chi connectivity index (χ0) is 11.5. The van der Waals surface area contributed by atoms with Gasteiger partial charge in [0.25, 0.3) is 0 Å². The predicted octanol–water partition coefficient (Wildman–Crippen LogP) is 3.62. The first-order chi connectivity index (χ1) is 7.66. The first-order valence-corrected chi connectivity index (χ1v) is 5.86. The summed E-state index contributed by atoms with van der Waals surface area (Å²) in [6, 6.07) is 7.89. The first kappa shape index (κ1) is 11.0. The van der Waals surface area contributed by atoms with E-state index < -0.39 is 0 Å². The van der Waals surface area contributed by atoms with Crippen LogP contribution in [0.25, 0.3) is 0 Å². The Hall–Kier alpha value is -1.48. The molecule has 1 nitrogen and oxygen atoms in total. The summed E-state index contributed by atoms with van der Waals surface area (Å²) >= 11 is 1.56. The number of thiophene rings is 1. The maximum atomic E-state index is 12.7. The van der Waals surface area contributed by atoms with Gasteiger partial charge in [-0.1, -0.05) is 12.1 Å². The van der Waals surface area contributed by atoms with Crippen LogP contribution in [0.3, 0.4) is 0 Å². The van der Waals surface area contributed by atoms with Crippen LogP contribution in [0.15, 0.2) is 35.7 Å². The van der Waals surface area contributed by atoms with Crippen molar-refractivity contribution in [1.82, 2.24) is 0 Å². The summed E-state index contributed by atoms with van der Waals surface area (Å²) < 4.78 is 12.7. The van der Waals surface area contributed by atoms with Gasteiger partial charge in [0, 0.05) is 16.9 Å². The van der Waals surface area contributed by atoms with Crippen LogP contribution in [0.5, 0.6) is 0 Å². The molecule has 0 unspecified atom stereocenters. The number of Topliss-reactive ketones (excluding diaryl/α,β-unsaturated/α-hetero) is 1. The van der Waals surface area contributed by atoms with Gasteiger partial charge in [-0.25, -0.2) is 4.39 Å². The molecule has 16 heavy (non-hydrogen) atoms. The summed E-state index contributed by atoms with van der Waals surface area (Å²) in [7, 11) is 0. The minimum absolute atomic E-state index is 0.0883. The molecule has 0 saturated carbocycles. The van der Waals surface area contributed by atoms with E-state index in [9.17, 15) is 9.18 Å². The van der Waals surface area contributed by atoms with Crippen molar-refractivity contribution in [2.24, 2.45) is 0 Å². The summed E-state index contributed by atoms with van der Waals surface area (Å²) in [5.74, 6) is -0.187. The van der Waals surface area contributed by atoms with Crippen LogP contribution in [-0.4, -0.2) is 5.78 Å². The minimum Gasteiger partial charge on any atom is -0.294 e. The molecule has 3 heteroatoms. The maximum Gasteiger partial charge on any atom is 0.168 e. The molecule has 1 aromatic heterocycles. The van der Waals surface area contributed by atoms with Crippen molar-refractivity contribution in [3.05, 3.63) is 57.5 Å². The van der Waals surface area contributed by atoms with Gasteiger partial charge >= 0.3 is 0 Å². The molecule has 82 valence electrons. The topological polar surface area (TPSA) is 17.1 Å². The number of hydrogen-bond donors (Lipinski definition) is 0. The van der Waals surface area contributed by atoms with Gasteiger partial charge in [-0.05, 0) is 36.1 Å². The van der Waals surface area contributed by atoms with Crippen LogP contribution in [0.2, 0.25) is 0 Å². The Labute approximate surface area is 97.6 Å². The zero-order valence-electron chi connectivity index (χ0n) is 8.87. The van der Waals surface area contributed by atoms with Crippen molar-refractivity contribution in [2.75, 3.05) is 0 Å². The third-order valence-corrected chi connectivity index (χ3v) is 3.28. The van der Waals surface area contributed by atoms with E-state index in [0.717, 1.165) is 16.0 Å². The molecule has 0 saturated heterocycles. The standard InChI is InChI=1S/C13H11FOS/c1-9-12(6-7-16-9)13(15)8-10-2-4-11(14)5-3-10/h2-7H,8H2,1H3. The fraction of sp³-hybridized carbons (Fsp3) is 0.154. The number of aryl methyl sites for hydroxylation is 1. The Morgan fingerprint density at radius 1 is 1.25 bits per heavy atom. The molecule has 0 fully saturated rings. The van der Waals surface area contributed by atoms with Gasteiger partial charge in [0.15, 0.2) is 5.78 Å². The third-order valence-electron chi connectivity index (χ3n) is 2.44. The second-order valence-corrected chi connectivity index (χ2v) is 4.74. The van der Waals surface area contributed by atoms with Crippen molar-refractivity contribution < 1.29 is 9.18 Å². The molecule has 0 atom stereocenters. The Kier molecular flexibility index (Phi) is 3.15. The number of rotatable bonds is 3. The highest BCUT2D eigenvalue weighted by atomic mass is 32.1. The summed E-state index contributed by atoms with van der Waals surface area (Å²) in [6.07, 6.45) is 0.331. The lowest BCUT2D eigenvalue weighted by atomic mass is 10.0. The SMILES string of the molecule is Cc1sccc1C(=O)Cc1ccc(F)cc1. The molecule has 0 N–H and O–H groups in total. The molecule has 0 amide bonds. The average Bonchev–Trinajstić information content (AvgIpc) is 2.68. The van der Waals surface area contributed by atoms with Crippen LogP contribution in [0.4, 0.5) is 4.39 Å². The molecular weight excluding hydrogens is 223 g/mol. The highest BCUT2D eigenvalue weighted by Gasteiger charge is 2.10. The number of hydrogen-bond acceptors (Lipinski definition) is 2. The van der Waals surface area contributed by atoms with E-state index in [4.69, 9.17) is 0 Å². The van der Waals surface area contributed by atoms with E-state index in [-0.39, 0.29) is 11.6 Å². The molecular formula is C13H11FOS. The molecule has 1 aromatic carbocycles. The van der Waals surface area contributed by atoms with E-state index in [0.29, 0.717) is 6.42 Å². The third kappa shape index (κ3) is 2.36. The quantitative estimate of drug-likeness (QED) is 0.741. The van der Waals surface area contributed by atoms with Crippen LogP contribution >= 0.6 is 11.3 Å². The summed E-state index contributed by atoms with van der Waals surface area (Å²) in [5.41, 5.74) is 1.62. The van der Waals surface area contributed by atoms with E-state index in [1.165, 1.54) is 12.1 Å². The minimum atomic E-state index is -0.275. The van der Waals surface area contributed by atoms with Gasteiger partial charge in [-0.15, -0.1) is 11.3 Å². The monoisotopic (exact) mass is 234 g/mol. The molecule has 0 bridgehead atoms. The normalized spacial score (nSPS) is 10.4. The largest absolute Gasteiger partial charge is 0.294 e. The van der Waals surface area contributed by atoms with Gasteiger partial charge < -0.3 is 0 Å². The van der Waals surface area contributed by atoms with Gasteiger partial charge in [0.2, 0.25) is 0 Å². The highest BCUT2D eigenvalue weighted by Crippen LogP contribution is 2.17. The van der Waals surface area contributed by atoms with Crippen molar-refractivity contribution in [3.8, 4) is 0 Å². The summed E-state index contributed by atoms with van der Waals surface area (Å²) in [6.45, 7) is 1.93. The van der Waals surface area contributed by atoms with Crippen molar-refractivity contribution in [3.63, 3.8) is 0 Å². The van der Waals surface area contributed by atoms with Gasteiger partial charge in [0.05, 0.1) is 0 Å². The molecule has 2 rings (SSSR count). The number of ketones is 1. The van der Waals surface area contributed by atoms with E-state index in [1.54, 1.807) is 23.5 Å². The van der Waals surface area contributed by atoms with Crippen LogP contribution in [0.1, 0.15) is 20.8 Å². The van der Waals surface area contributed by atoms with Gasteiger partial charge in [0.1, 0.15) is 5.82 Å². The van der Waals surface area contributed by atoms with Crippen molar-refractivity contribution >= 4 is 17.1 Å². The molecule has 0 aliphatic carbocycles. The molecule has 0 spiro atoms. The highest BCUT2D eigenvalue weighted by molar-refractivity contribution is 7.10. The van der Waals surface area contributed by atoms with Gasteiger partial charge in [-0.3, -0.25) is 4.79 Å². The Morgan fingerprint density at radius 2 is 1.94 bits per heavy atom. The molecule has 0 aliphatic heterocycles. The fourth-order valence-corrected chi connectivity index (χ4v) is 2.27. The van der Waals surface area contributed by atoms with Crippen LogP contribution < -0.4 is 0 Å². The molecule has 1 heterocycles. The van der Waals surface area contributed by atoms with Gasteiger partial charge in [-0.2, -0.15) is 0 Å². The number of carbonyl (C=O) groups excluding carboxylic acids is 1. The smallest absolute Gasteiger partial charge is 0.168 e. The summed E-state index contributed by atoms with van der Waals surface area (Å²) in [5, 5.41) is 1.91. The number of halogens is 1. The van der Waals surface area contributed by atoms with Crippen molar-refractivity contribution in [1.29, 1.82) is 0 Å². The van der Waals surface area contributed by atoms with E-state index in [1.807, 2.05) is 18.4 Å². The maximum absolute atomic E-state index is 12.7. The first-order valence-electron chi connectivity index (χ1n) is 4.98. The summed E-state index contributed by atoms with van der Waals surface area (Å²) in [4.78, 5) is 12.9. The Bertz CT molecular complexity index is 499. The second kappa shape index (κ2) is 4.58. The number of carbonyl (C=O) groups is 1. The Balaban J connectivity index is 2.14. The van der Waals surface area contributed by atoms with Crippen LogP contribution in [-0.2, 0) is 6.42 Å². The lowest BCUT2D eigenvalue weighted by Gasteiger charge is -2.00. The number of benzene rings is 1. The molecule has 0 aliphatic rings. The fourth-order valence-electron chi connectivity index (χ4n) is 1.56. The lowest BCUT2D eigenvalue weighted by Crippen LogP contribution is -2.03. The van der Waals surface area contributed by atoms with Crippen LogP contribution in [0, 0.1) is 12.7 Å².